The molecule has 0 saturated heterocycles. The van der Waals surface area contributed by atoms with Crippen LogP contribution in [0.15, 0.2) is 48.5 Å². The number of carbonyl (C=O) groups excluding carboxylic acids is 1. The van der Waals surface area contributed by atoms with E-state index in [1.807, 2.05) is 24.3 Å². The van der Waals surface area contributed by atoms with Gasteiger partial charge in [-0.15, -0.1) is 0 Å². The van der Waals surface area contributed by atoms with Crippen molar-refractivity contribution in [3.8, 4) is 5.75 Å². The summed E-state index contributed by atoms with van der Waals surface area (Å²) < 4.78 is 5.66. The maximum absolute atomic E-state index is 12.4. The number of amides is 2. The number of para-hydroxylation sites is 1. The number of benzene rings is 2. The average molecular weight is 365 g/mol. The van der Waals surface area contributed by atoms with Crippen LogP contribution in [0.4, 0.5) is 4.79 Å². The Labute approximate surface area is 160 Å². The van der Waals surface area contributed by atoms with Crippen molar-refractivity contribution in [2.24, 2.45) is 0 Å². The first-order chi connectivity index (χ1) is 13.2. The van der Waals surface area contributed by atoms with Crippen LogP contribution in [0, 0.1) is 0 Å². The third kappa shape index (κ3) is 4.08. The Morgan fingerprint density at radius 3 is 2.85 bits per heavy atom. The molecule has 0 unspecified atom stereocenters. The van der Waals surface area contributed by atoms with Gasteiger partial charge in [0.2, 0.25) is 0 Å². The summed E-state index contributed by atoms with van der Waals surface area (Å²) in [4.78, 5) is 14.9. The summed E-state index contributed by atoms with van der Waals surface area (Å²) in [5.74, 6) is 0.870. The van der Waals surface area contributed by atoms with E-state index in [1.165, 1.54) is 11.1 Å². The topological polar surface area (TPSA) is 53.6 Å². The maximum Gasteiger partial charge on any atom is 0.315 e. The summed E-state index contributed by atoms with van der Waals surface area (Å²) in [6.45, 7) is 5.44. The molecule has 2 aromatic carbocycles. The highest BCUT2D eigenvalue weighted by Crippen LogP contribution is 2.31. The first-order valence-electron chi connectivity index (χ1n) is 9.77. The first kappa shape index (κ1) is 17.9. The van der Waals surface area contributed by atoms with Gasteiger partial charge in [-0.05, 0) is 30.5 Å². The molecule has 5 nitrogen and oxygen atoms in total. The number of ether oxygens (including phenoxy) is 1. The lowest BCUT2D eigenvalue weighted by atomic mass is 9.99. The lowest BCUT2D eigenvalue weighted by molar-refractivity contribution is 0.183. The SMILES string of the molecule is C[C@@H](CNC(=O)N[C@H]1CCOc2ccccc21)N1CCc2ccccc2C1. The number of hydrogen-bond acceptors (Lipinski definition) is 3. The third-order valence-corrected chi connectivity index (χ3v) is 5.61. The van der Waals surface area contributed by atoms with E-state index in [0.29, 0.717) is 19.2 Å². The molecule has 2 N–H and O–H groups in total. The molecule has 4 rings (SSSR count). The largest absolute Gasteiger partial charge is 0.493 e. The van der Waals surface area contributed by atoms with E-state index in [-0.39, 0.29) is 12.1 Å². The van der Waals surface area contributed by atoms with Gasteiger partial charge in [0.25, 0.3) is 0 Å². The zero-order valence-corrected chi connectivity index (χ0v) is 15.8. The van der Waals surface area contributed by atoms with Gasteiger partial charge in [-0.25, -0.2) is 4.79 Å². The highest BCUT2D eigenvalue weighted by molar-refractivity contribution is 5.74. The van der Waals surface area contributed by atoms with Crippen molar-refractivity contribution in [2.75, 3.05) is 19.7 Å². The fourth-order valence-corrected chi connectivity index (χ4v) is 3.96. The van der Waals surface area contributed by atoms with Crippen LogP contribution in [0.25, 0.3) is 0 Å². The zero-order valence-electron chi connectivity index (χ0n) is 15.8. The molecular formula is C22H27N3O2. The summed E-state index contributed by atoms with van der Waals surface area (Å²) in [5.41, 5.74) is 3.91. The van der Waals surface area contributed by atoms with Crippen LogP contribution in [0.3, 0.4) is 0 Å². The molecule has 2 atom stereocenters. The number of urea groups is 1. The van der Waals surface area contributed by atoms with Gasteiger partial charge >= 0.3 is 6.03 Å². The molecule has 0 aromatic heterocycles. The van der Waals surface area contributed by atoms with Crippen molar-refractivity contribution in [1.29, 1.82) is 0 Å². The molecule has 0 spiro atoms. The summed E-state index contributed by atoms with van der Waals surface area (Å²) in [6.07, 6.45) is 1.87. The van der Waals surface area contributed by atoms with Gasteiger partial charge in [0.05, 0.1) is 12.6 Å². The summed E-state index contributed by atoms with van der Waals surface area (Å²) >= 11 is 0. The second-order valence-electron chi connectivity index (χ2n) is 7.42. The molecule has 2 aromatic rings. The lowest BCUT2D eigenvalue weighted by Gasteiger charge is -2.34. The smallest absolute Gasteiger partial charge is 0.315 e. The van der Waals surface area contributed by atoms with Crippen molar-refractivity contribution in [1.82, 2.24) is 15.5 Å². The molecule has 27 heavy (non-hydrogen) atoms. The predicted octanol–water partition coefficient (Wildman–Crippen LogP) is 3.26. The Bertz CT molecular complexity index is 808. The number of fused-ring (bicyclic) bond motifs is 2. The van der Waals surface area contributed by atoms with Gasteiger partial charge in [-0.2, -0.15) is 0 Å². The van der Waals surface area contributed by atoms with Gasteiger partial charge in [0.1, 0.15) is 5.75 Å². The zero-order chi connectivity index (χ0) is 18.6. The molecule has 2 aliphatic heterocycles. The minimum absolute atomic E-state index is 0.00659. The van der Waals surface area contributed by atoms with Gasteiger partial charge in [0.15, 0.2) is 0 Å². The van der Waals surface area contributed by atoms with E-state index in [2.05, 4.69) is 46.7 Å². The van der Waals surface area contributed by atoms with E-state index < -0.39 is 0 Å². The van der Waals surface area contributed by atoms with Gasteiger partial charge in [-0.3, -0.25) is 4.90 Å². The normalized spacial score (nSPS) is 20.0. The number of hydrogen-bond donors (Lipinski definition) is 2. The van der Waals surface area contributed by atoms with Crippen LogP contribution >= 0.6 is 0 Å². The highest BCUT2D eigenvalue weighted by Gasteiger charge is 2.24. The Kier molecular flexibility index (Phi) is 5.30. The predicted molar refractivity (Wildman–Crippen MR) is 106 cm³/mol. The molecule has 5 heteroatoms. The molecule has 2 aliphatic rings. The minimum Gasteiger partial charge on any atom is -0.493 e. The highest BCUT2D eigenvalue weighted by atomic mass is 16.5. The fraction of sp³-hybridized carbons (Fsp3) is 0.409. The van der Waals surface area contributed by atoms with Gasteiger partial charge in [0, 0.05) is 37.7 Å². The summed E-state index contributed by atoms with van der Waals surface area (Å²) in [5, 5.41) is 6.15. The van der Waals surface area contributed by atoms with E-state index in [0.717, 1.165) is 37.2 Å². The number of nitrogens with one attached hydrogen (secondary N) is 2. The molecule has 142 valence electrons. The van der Waals surface area contributed by atoms with Crippen molar-refractivity contribution in [2.45, 2.75) is 38.4 Å². The monoisotopic (exact) mass is 365 g/mol. The molecular weight excluding hydrogens is 338 g/mol. The summed E-state index contributed by atoms with van der Waals surface area (Å²) in [7, 11) is 0. The van der Waals surface area contributed by atoms with Gasteiger partial charge < -0.3 is 15.4 Å². The quantitative estimate of drug-likeness (QED) is 0.874. The van der Waals surface area contributed by atoms with Crippen LogP contribution in [-0.4, -0.2) is 36.7 Å². The molecule has 0 fully saturated rings. The average Bonchev–Trinajstić information content (AvgIpc) is 2.72. The van der Waals surface area contributed by atoms with Crippen LogP contribution in [-0.2, 0) is 13.0 Å². The Morgan fingerprint density at radius 1 is 1.19 bits per heavy atom. The van der Waals surface area contributed by atoms with Crippen LogP contribution in [0.5, 0.6) is 5.75 Å². The second-order valence-corrected chi connectivity index (χ2v) is 7.42. The Morgan fingerprint density at radius 2 is 1.96 bits per heavy atom. The standard InChI is InChI=1S/C22H27N3O2/c1-16(25-12-10-17-6-2-3-7-18(17)15-25)14-23-22(26)24-20-11-13-27-21-9-5-4-8-19(20)21/h2-9,16,20H,10-15H2,1H3,(H2,23,24,26)/t16-,20-/m0/s1. The van der Waals surface area contributed by atoms with E-state index >= 15 is 0 Å². The molecule has 0 aliphatic carbocycles. The van der Waals surface area contributed by atoms with Gasteiger partial charge in [-0.1, -0.05) is 42.5 Å². The number of rotatable bonds is 4. The summed E-state index contributed by atoms with van der Waals surface area (Å²) in [6, 6.07) is 16.7. The molecule has 0 bridgehead atoms. The van der Waals surface area contributed by atoms with Crippen molar-refractivity contribution >= 4 is 6.03 Å². The Balaban J connectivity index is 1.29. The lowest BCUT2D eigenvalue weighted by Crippen LogP contribution is -2.47. The van der Waals surface area contributed by atoms with E-state index in [1.54, 1.807) is 0 Å². The van der Waals surface area contributed by atoms with Crippen molar-refractivity contribution in [3.63, 3.8) is 0 Å². The first-order valence-corrected chi connectivity index (χ1v) is 9.77. The van der Waals surface area contributed by atoms with E-state index in [4.69, 9.17) is 4.74 Å². The third-order valence-electron chi connectivity index (χ3n) is 5.61. The molecule has 0 saturated carbocycles. The molecule has 0 radical (unpaired) electrons. The minimum atomic E-state index is -0.110. The van der Waals surface area contributed by atoms with Crippen LogP contribution < -0.4 is 15.4 Å². The maximum atomic E-state index is 12.4. The van der Waals surface area contributed by atoms with E-state index in [9.17, 15) is 4.79 Å². The van der Waals surface area contributed by atoms with Crippen molar-refractivity contribution in [3.05, 3.63) is 65.2 Å². The second kappa shape index (κ2) is 8.01. The van der Waals surface area contributed by atoms with Crippen LogP contribution in [0.2, 0.25) is 0 Å². The van der Waals surface area contributed by atoms with Crippen molar-refractivity contribution < 1.29 is 9.53 Å². The number of nitrogens with zero attached hydrogens (tertiary/aromatic N) is 1. The number of carbonyl (C=O) groups is 1. The Hall–Kier alpha value is -2.53. The molecule has 2 heterocycles. The van der Waals surface area contributed by atoms with Crippen LogP contribution in [0.1, 0.15) is 36.1 Å². The molecule has 2 amide bonds. The fourth-order valence-electron chi connectivity index (χ4n) is 3.96.